The van der Waals surface area contributed by atoms with Gasteiger partial charge in [0.25, 0.3) is 0 Å². The molecule has 1 aromatic heterocycles. The smallest absolute Gasteiger partial charge is 0.347 e. The van der Waals surface area contributed by atoms with Crippen molar-refractivity contribution in [1.29, 1.82) is 0 Å². The van der Waals surface area contributed by atoms with Gasteiger partial charge in [0.1, 0.15) is 9.88 Å². The van der Waals surface area contributed by atoms with Crippen LogP contribution < -0.4 is 10.6 Å². The zero-order valence-electron chi connectivity index (χ0n) is 10.0. The summed E-state index contributed by atoms with van der Waals surface area (Å²) in [4.78, 5) is 27.0. The van der Waals surface area contributed by atoms with Gasteiger partial charge < -0.3 is 15.7 Å². The number of carbonyl (C=O) groups is 2. The molecule has 1 amide bonds. The van der Waals surface area contributed by atoms with E-state index in [9.17, 15) is 9.59 Å². The molecule has 1 fully saturated rings. The first-order valence-electron chi connectivity index (χ1n) is 5.76. The van der Waals surface area contributed by atoms with Crippen LogP contribution in [0.5, 0.6) is 0 Å². The minimum atomic E-state index is -0.970. The topological polar surface area (TPSA) is 91.3 Å². The lowest BCUT2D eigenvalue weighted by Gasteiger charge is -2.07. The van der Waals surface area contributed by atoms with E-state index >= 15 is 0 Å². The van der Waals surface area contributed by atoms with Crippen LogP contribution in [0.3, 0.4) is 0 Å². The predicted octanol–water partition coefficient (Wildman–Crippen LogP) is 0.375. The van der Waals surface area contributed by atoms with Crippen molar-refractivity contribution >= 4 is 23.2 Å². The summed E-state index contributed by atoms with van der Waals surface area (Å²) in [7, 11) is 0. The van der Waals surface area contributed by atoms with E-state index in [0.29, 0.717) is 23.8 Å². The van der Waals surface area contributed by atoms with Crippen LogP contribution >= 0.6 is 11.3 Å². The number of thiazole rings is 1. The molecule has 2 rings (SSSR count). The Morgan fingerprint density at radius 2 is 2.39 bits per heavy atom. The molecule has 1 aromatic rings. The van der Waals surface area contributed by atoms with Gasteiger partial charge in [-0.15, -0.1) is 11.3 Å². The van der Waals surface area contributed by atoms with Crippen molar-refractivity contribution in [2.24, 2.45) is 5.92 Å². The molecule has 1 unspecified atom stereocenters. The van der Waals surface area contributed by atoms with Crippen LogP contribution in [0.2, 0.25) is 0 Å². The van der Waals surface area contributed by atoms with Crippen molar-refractivity contribution in [3.63, 3.8) is 0 Å². The number of aryl methyl sites for hydroxylation is 1. The molecule has 7 heteroatoms. The maximum atomic E-state index is 11.8. The van der Waals surface area contributed by atoms with Gasteiger partial charge >= 0.3 is 5.97 Å². The first-order valence-corrected chi connectivity index (χ1v) is 6.57. The largest absolute Gasteiger partial charge is 0.477 e. The average molecular weight is 269 g/mol. The number of nitrogens with zero attached hydrogens (tertiary/aromatic N) is 1. The second kappa shape index (κ2) is 5.45. The van der Waals surface area contributed by atoms with Crippen LogP contribution in [0.4, 0.5) is 0 Å². The summed E-state index contributed by atoms with van der Waals surface area (Å²) in [6, 6.07) is 0. The highest BCUT2D eigenvalue weighted by atomic mass is 32.1. The first-order chi connectivity index (χ1) is 8.58. The third-order valence-corrected chi connectivity index (χ3v) is 4.03. The summed E-state index contributed by atoms with van der Waals surface area (Å²) >= 11 is 1.11. The van der Waals surface area contributed by atoms with Gasteiger partial charge in [-0.2, -0.15) is 0 Å². The van der Waals surface area contributed by atoms with E-state index in [0.717, 1.165) is 24.3 Å². The summed E-state index contributed by atoms with van der Waals surface area (Å²) < 4.78 is 0. The number of hydrogen-bond acceptors (Lipinski definition) is 5. The number of carboxylic acids is 1. The lowest BCUT2D eigenvalue weighted by atomic mass is 10.1. The van der Waals surface area contributed by atoms with E-state index < -0.39 is 5.97 Å². The molecule has 0 radical (unpaired) electrons. The molecule has 1 atom stereocenters. The molecule has 0 saturated carbocycles. The lowest BCUT2D eigenvalue weighted by molar-refractivity contribution is -0.124. The van der Waals surface area contributed by atoms with E-state index in [1.807, 2.05) is 0 Å². The minimum Gasteiger partial charge on any atom is -0.477 e. The van der Waals surface area contributed by atoms with E-state index in [1.165, 1.54) is 0 Å². The van der Waals surface area contributed by atoms with Gasteiger partial charge in [0, 0.05) is 6.54 Å². The lowest BCUT2D eigenvalue weighted by Crippen LogP contribution is -2.31. The van der Waals surface area contributed by atoms with Gasteiger partial charge in [0.05, 0.1) is 18.2 Å². The highest BCUT2D eigenvalue weighted by Crippen LogP contribution is 2.18. The molecule has 0 bridgehead atoms. The number of aromatic nitrogens is 1. The van der Waals surface area contributed by atoms with Crippen molar-refractivity contribution in [3.8, 4) is 0 Å². The SMILES string of the molecule is Cc1nc(CNC(=O)C2CCNC2)sc1C(=O)O. The highest BCUT2D eigenvalue weighted by molar-refractivity contribution is 7.13. The normalized spacial score (nSPS) is 18.8. The Labute approximate surface area is 108 Å². The molecule has 98 valence electrons. The van der Waals surface area contributed by atoms with Crippen LogP contribution in [0, 0.1) is 12.8 Å². The number of aromatic carboxylic acids is 1. The molecule has 0 spiro atoms. The predicted molar refractivity (Wildman–Crippen MR) is 66.6 cm³/mol. The monoisotopic (exact) mass is 269 g/mol. The van der Waals surface area contributed by atoms with Gasteiger partial charge in [-0.1, -0.05) is 0 Å². The highest BCUT2D eigenvalue weighted by Gasteiger charge is 2.22. The van der Waals surface area contributed by atoms with E-state index in [-0.39, 0.29) is 16.7 Å². The zero-order valence-corrected chi connectivity index (χ0v) is 10.8. The summed E-state index contributed by atoms with van der Waals surface area (Å²) in [6.07, 6.45) is 0.850. The molecule has 0 aliphatic carbocycles. The van der Waals surface area contributed by atoms with Crippen molar-refractivity contribution < 1.29 is 14.7 Å². The third kappa shape index (κ3) is 2.85. The van der Waals surface area contributed by atoms with Gasteiger partial charge in [-0.05, 0) is 19.9 Å². The van der Waals surface area contributed by atoms with Gasteiger partial charge in [-0.25, -0.2) is 9.78 Å². The van der Waals surface area contributed by atoms with Crippen molar-refractivity contribution in [1.82, 2.24) is 15.6 Å². The van der Waals surface area contributed by atoms with Gasteiger partial charge in [-0.3, -0.25) is 4.79 Å². The zero-order chi connectivity index (χ0) is 13.1. The third-order valence-electron chi connectivity index (χ3n) is 2.88. The standard InChI is InChI=1S/C11H15N3O3S/c1-6-9(11(16)17)18-8(14-6)5-13-10(15)7-2-3-12-4-7/h7,12H,2-5H2,1H3,(H,13,15)(H,16,17). The molecule has 1 saturated heterocycles. The minimum absolute atomic E-state index is 0.00438. The molecular formula is C11H15N3O3S. The number of rotatable bonds is 4. The van der Waals surface area contributed by atoms with E-state index in [4.69, 9.17) is 5.11 Å². The summed E-state index contributed by atoms with van der Waals surface area (Å²) in [5.74, 6) is -0.947. The number of carbonyl (C=O) groups excluding carboxylic acids is 1. The fourth-order valence-corrected chi connectivity index (χ4v) is 2.76. The van der Waals surface area contributed by atoms with Gasteiger partial charge in [0.15, 0.2) is 0 Å². The second-order valence-electron chi connectivity index (χ2n) is 4.23. The fourth-order valence-electron chi connectivity index (χ4n) is 1.91. The maximum Gasteiger partial charge on any atom is 0.347 e. The number of amides is 1. The number of carboxylic acid groups (broad SMARTS) is 1. The number of nitrogens with one attached hydrogen (secondary N) is 2. The van der Waals surface area contributed by atoms with Crippen LogP contribution in [-0.4, -0.2) is 35.1 Å². The molecule has 1 aliphatic rings. The molecule has 18 heavy (non-hydrogen) atoms. The summed E-state index contributed by atoms with van der Waals surface area (Å²) in [6.45, 7) is 3.54. The number of hydrogen-bond donors (Lipinski definition) is 3. The first kappa shape index (κ1) is 13.0. The van der Waals surface area contributed by atoms with Crippen molar-refractivity contribution in [2.45, 2.75) is 19.9 Å². The average Bonchev–Trinajstić information content (AvgIpc) is 2.94. The summed E-state index contributed by atoms with van der Waals surface area (Å²) in [5.41, 5.74) is 0.499. The molecule has 2 heterocycles. The van der Waals surface area contributed by atoms with E-state index in [1.54, 1.807) is 6.92 Å². The Morgan fingerprint density at radius 3 is 2.94 bits per heavy atom. The van der Waals surface area contributed by atoms with Crippen LogP contribution in [0.25, 0.3) is 0 Å². The Bertz CT molecular complexity index is 466. The Kier molecular flexibility index (Phi) is 3.93. The van der Waals surface area contributed by atoms with Crippen LogP contribution in [-0.2, 0) is 11.3 Å². The van der Waals surface area contributed by atoms with Crippen molar-refractivity contribution in [3.05, 3.63) is 15.6 Å². The van der Waals surface area contributed by atoms with Crippen molar-refractivity contribution in [2.75, 3.05) is 13.1 Å². The Balaban J connectivity index is 1.91. The molecular weight excluding hydrogens is 254 g/mol. The molecule has 3 N–H and O–H groups in total. The Hall–Kier alpha value is -1.47. The maximum absolute atomic E-state index is 11.8. The molecule has 1 aliphatic heterocycles. The fraction of sp³-hybridized carbons (Fsp3) is 0.545. The Morgan fingerprint density at radius 1 is 1.61 bits per heavy atom. The quantitative estimate of drug-likeness (QED) is 0.735. The van der Waals surface area contributed by atoms with E-state index in [2.05, 4.69) is 15.6 Å². The molecule has 0 aromatic carbocycles. The van der Waals surface area contributed by atoms with Crippen LogP contribution in [0.1, 0.15) is 26.8 Å². The summed E-state index contributed by atoms with van der Waals surface area (Å²) in [5, 5.41) is 15.5. The second-order valence-corrected chi connectivity index (χ2v) is 5.32. The molecule has 6 nitrogen and oxygen atoms in total. The van der Waals surface area contributed by atoms with Gasteiger partial charge in [0.2, 0.25) is 5.91 Å². The van der Waals surface area contributed by atoms with Crippen LogP contribution in [0.15, 0.2) is 0 Å².